The zero-order valence-electron chi connectivity index (χ0n) is 10.4. The number of carbonyl (C=O) groups is 1. The number of hydrogen-bond acceptors (Lipinski definition) is 3. The van der Waals surface area contributed by atoms with Crippen molar-refractivity contribution < 1.29 is 9.72 Å². The molecule has 0 atom stereocenters. The minimum absolute atomic E-state index is 0.104. The number of nitro groups is 1. The summed E-state index contributed by atoms with van der Waals surface area (Å²) in [5.41, 5.74) is 0.116. The fourth-order valence-corrected chi connectivity index (χ4v) is 2.53. The first-order valence-corrected chi connectivity index (χ1v) is 6.75. The number of carbonyl (C=O) groups excluding carboxylic acids is 1. The van der Waals surface area contributed by atoms with Crippen LogP contribution in [0.4, 0.5) is 5.69 Å². The highest BCUT2D eigenvalue weighted by atomic mass is 35.5. The van der Waals surface area contributed by atoms with Gasteiger partial charge in [-0.1, -0.05) is 0 Å². The number of alkyl halides is 1. The number of amides is 1. The maximum atomic E-state index is 11.8. The molecule has 0 radical (unpaired) electrons. The van der Waals surface area contributed by atoms with Crippen molar-refractivity contribution in [2.24, 2.45) is 5.92 Å². The number of hydrogen-bond donors (Lipinski definition) is 2. The summed E-state index contributed by atoms with van der Waals surface area (Å²) in [5.74, 6) is 0.144. The van der Waals surface area contributed by atoms with E-state index in [4.69, 9.17) is 11.6 Å². The molecule has 1 amide bonds. The third-order valence-corrected chi connectivity index (χ3v) is 3.89. The first kappa shape index (κ1) is 13.9. The SMILES string of the molecule is O=C(NCC1CCC(Cl)CC1)c1cc([N+](=O)[O-])c[nH]1. The molecule has 1 aliphatic carbocycles. The summed E-state index contributed by atoms with van der Waals surface area (Å²) >= 11 is 6.02. The van der Waals surface area contributed by atoms with Gasteiger partial charge in [-0.05, 0) is 31.6 Å². The zero-order valence-corrected chi connectivity index (χ0v) is 11.2. The molecule has 0 saturated heterocycles. The second kappa shape index (κ2) is 6.06. The molecule has 1 aromatic rings. The van der Waals surface area contributed by atoms with Crippen LogP contribution in [0.5, 0.6) is 0 Å². The van der Waals surface area contributed by atoms with Gasteiger partial charge in [0.2, 0.25) is 0 Å². The highest BCUT2D eigenvalue weighted by Gasteiger charge is 2.21. The minimum atomic E-state index is -0.533. The molecular weight excluding hydrogens is 270 g/mol. The first-order valence-electron chi connectivity index (χ1n) is 6.31. The van der Waals surface area contributed by atoms with Crippen LogP contribution in [0.2, 0.25) is 0 Å². The molecule has 0 unspecified atom stereocenters. The Hall–Kier alpha value is -1.56. The topological polar surface area (TPSA) is 88.0 Å². The van der Waals surface area contributed by atoms with Crippen LogP contribution in [0, 0.1) is 16.0 Å². The van der Waals surface area contributed by atoms with Crippen LogP contribution >= 0.6 is 11.6 Å². The number of aromatic amines is 1. The van der Waals surface area contributed by atoms with E-state index in [1.807, 2.05) is 0 Å². The van der Waals surface area contributed by atoms with E-state index >= 15 is 0 Å². The number of nitrogens with one attached hydrogen (secondary N) is 2. The lowest BCUT2D eigenvalue weighted by molar-refractivity contribution is -0.384. The maximum absolute atomic E-state index is 11.8. The fourth-order valence-electron chi connectivity index (χ4n) is 2.28. The summed E-state index contributed by atoms with van der Waals surface area (Å²) in [7, 11) is 0. The molecule has 1 heterocycles. The van der Waals surface area contributed by atoms with Crippen LogP contribution in [-0.2, 0) is 0 Å². The molecule has 2 rings (SSSR count). The van der Waals surface area contributed by atoms with Gasteiger partial charge in [-0.2, -0.15) is 0 Å². The number of nitrogens with zero attached hydrogens (tertiary/aromatic N) is 1. The van der Waals surface area contributed by atoms with Crippen molar-refractivity contribution in [2.75, 3.05) is 6.54 Å². The van der Waals surface area contributed by atoms with Crippen LogP contribution in [0.25, 0.3) is 0 Å². The molecule has 0 bridgehead atoms. The van der Waals surface area contributed by atoms with Gasteiger partial charge in [0.05, 0.1) is 11.1 Å². The maximum Gasteiger partial charge on any atom is 0.287 e. The van der Waals surface area contributed by atoms with Crippen LogP contribution in [0.1, 0.15) is 36.2 Å². The van der Waals surface area contributed by atoms with E-state index in [9.17, 15) is 14.9 Å². The van der Waals surface area contributed by atoms with Gasteiger partial charge >= 0.3 is 0 Å². The van der Waals surface area contributed by atoms with Gasteiger partial charge in [0, 0.05) is 18.0 Å². The molecule has 1 aliphatic rings. The number of H-pyrrole nitrogens is 1. The van der Waals surface area contributed by atoms with Gasteiger partial charge in [-0.3, -0.25) is 14.9 Å². The summed E-state index contributed by atoms with van der Waals surface area (Å²) in [5, 5.41) is 13.6. The molecular formula is C12H16ClN3O3. The lowest BCUT2D eigenvalue weighted by Crippen LogP contribution is -2.31. The average Bonchev–Trinajstić information content (AvgIpc) is 2.87. The lowest BCUT2D eigenvalue weighted by atomic mass is 9.89. The van der Waals surface area contributed by atoms with Gasteiger partial charge in [-0.25, -0.2) is 0 Å². The van der Waals surface area contributed by atoms with E-state index < -0.39 is 4.92 Å². The van der Waals surface area contributed by atoms with Crippen molar-refractivity contribution in [3.8, 4) is 0 Å². The van der Waals surface area contributed by atoms with Crippen LogP contribution in [0.3, 0.4) is 0 Å². The molecule has 1 fully saturated rings. The standard InChI is InChI=1S/C12H16ClN3O3/c13-9-3-1-8(2-4-9)6-15-12(17)11-5-10(7-14-11)16(18)19/h5,7-9,14H,1-4,6H2,(H,15,17). The van der Waals surface area contributed by atoms with E-state index in [0.29, 0.717) is 12.5 Å². The fraction of sp³-hybridized carbons (Fsp3) is 0.583. The van der Waals surface area contributed by atoms with E-state index in [1.54, 1.807) is 0 Å². The number of rotatable bonds is 4. The van der Waals surface area contributed by atoms with E-state index in [0.717, 1.165) is 25.7 Å². The molecule has 1 aromatic heterocycles. The number of halogens is 1. The highest BCUT2D eigenvalue weighted by Crippen LogP contribution is 2.27. The third kappa shape index (κ3) is 3.70. The summed E-state index contributed by atoms with van der Waals surface area (Å²) in [6.45, 7) is 0.593. The highest BCUT2D eigenvalue weighted by molar-refractivity contribution is 6.20. The smallest absolute Gasteiger partial charge is 0.287 e. The van der Waals surface area contributed by atoms with E-state index in [2.05, 4.69) is 10.3 Å². The Bertz CT molecular complexity index is 467. The van der Waals surface area contributed by atoms with Gasteiger partial charge in [0.15, 0.2) is 0 Å². The predicted molar refractivity (Wildman–Crippen MR) is 71.4 cm³/mol. The van der Waals surface area contributed by atoms with Gasteiger partial charge < -0.3 is 10.3 Å². The van der Waals surface area contributed by atoms with E-state index in [1.165, 1.54) is 12.3 Å². The monoisotopic (exact) mass is 285 g/mol. The summed E-state index contributed by atoms with van der Waals surface area (Å²) < 4.78 is 0. The Morgan fingerprint density at radius 1 is 1.47 bits per heavy atom. The Morgan fingerprint density at radius 2 is 2.16 bits per heavy atom. The molecule has 104 valence electrons. The molecule has 19 heavy (non-hydrogen) atoms. The van der Waals surface area contributed by atoms with Crippen molar-refractivity contribution in [1.82, 2.24) is 10.3 Å². The predicted octanol–water partition coefficient (Wildman–Crippen LogP) is 2.45. The molecule has 0 spiro atoms. The molecule has 0 aromatic carbocycles. The minimum Gasteiger partial charge on any atom is -0.351 e. The van der Waals surface area contributed by atoms with Gasteiger partial charge in [0.25, 0.3) is 11.6 Å². The Morgan fingerprint density at radius 3 is 2.74 bits per heavy atom. The molecule has 2 N–H and O–H groups in total. The van der Waals surface area contributed by atoms with Crippen molar-refractivity contribution >= 4 is 23.2 Å². The average molecular weight is 286 g/mol. The van der Waals surface area contributed by atoms with Crippen molar-refractivity contribution in [1.29, 1.82) is 0 Å². The molecule has 6 nitrogen and oxygen atoms in total. The summed E-state index contributed by atoms with van der Waals surface area (Å²) in [6, 6.07) is 1.24. The Labute approximate surface area is 115 Å². The normalized spacial score (nSPS) is 23.0. The van der Waals surface area contributed by atoms with Crippen LogP contribution < -0.4 is 5.32 Å². The van der Waals surface area contributed by atoms with Gasteiger partial charge in [-0.15, -0.1) is 11.6 Å². The quantitative estimate of drug-likeness (QED) is 0.506. The van der Waals surface area contributed by atoms with Crippen molar-refractivity contribution in [3.05, 3.63) is 28.1 Å². The van der Waals surface area contributed by atoms with Crippen LogP contribution in [-0.4, -0.2) is 27.7 Å². The van der Waals surface area contributed by atoms with Crippen LogP contribution in [0.15, 0.2) is 12.3 Å². The molecule has 0 aliphatic heterocycles. The summed E-state index contributed by atoms with van der Waals surface area (Å²) in [4.78, 5) is 24.4. The second-order valence-electron chi connectivity index (χ2n) is 4.86. The van der Waals surface area contributed by atoms with E-state index in [-0.39, 0.29) is 22.7 Å². The second-order valence-corrected chi connectivity index (χ2v) is 5.47. The zero-order chi connectivity index (χ0) is 13.8. The number of aromatic nitrogens is 1. The Kier molecular flexibility index (Phi) is 4.42. The molecule has 1 saturated carbocycles. The first-order chi connectivity index (χ1) is 9.06. The summed E-state index contributed by atoms with van der Waals surface area (Å²) in [6.07, 6.45) is 5.21. The third-order valence-electron chi connectivity index (χ3n) is 3.45. The van der Waals surface area contributed by atoms with Crippen molar-refractivity contribution in [2.45, 2.75) is 31.1 Å². The lowest BCUT2D eigenvalue weighted by Gasteiger charge is -2.24. The Balaban J connectivity index is 1.82. The van der Waals surface area contributed by atoms with Crippen molar-refractivity contribution in [3.63, 3.8) is 0 Å². The largest absolute Gasteiger partial charge is 0.351 e. The van der Waals surface area contributed by atoms with Gasteiger partial charge in [0.1, 0.15) is 5.69 Å². The molecule has 7 heteroatoms.